The van der Waals surface area contributed by atoms with Crippen molar-refractivity contribution >= 4 is 22.5 Å². The van der Waals surface area contributed by atoms with Gasteiger partial charge >= 0.3 is 6.03 Å². The van der Waals surface area contributed by atoms with Crippen LogP contribution in [0.1, 0.15) is 5.56 Å². The third kappa shape index (κ3) is 3.70. The molecule has 5 nitrogen and oxygen atoms in total. The first-order chi connectivity index (χ1) is 11.8. The molecule has 0 saturated heterocycles. The number of pyridine rings is 1. The number of hydrogen-bond acceptors (Lipinski definition) is 3. The van der Waals surface area contributed by atoms with E-state index in [0.29, 0.717) is 6.54 Å². The first-order valence-electron chi connectivity index (χ1n) is 7.81. The smallest absolute Gasteiger partial charge is 0.322 e. The molecule has 1 heterocycles. The molecular formula is C19H19N3O2. The number of urea groups is 1. The number of anilines is 1. The van der Waals surface area contributed by atoms with Crippen molar-refractivity contribution in [2.24, 2.45) is 0 Å². The maximum absolute atomic E-state index is 12.6. The number of nitrogens with zero attached hydrogens (tertiary/aromatic N) is 2. The zero-order valence-electron chi connectivity index (χ0n) is 13.2. The van der Waals surface area contributed by atoms with Crippen molar-refractivity contribution in [2.45, 2.75) is 6.54 Å². The Balaban J connectivity index is 1.80. The highest BCUT2D eigenvalue weighted by atomic mass is 16.3. The molecule has 2 amide bonds. The summed E-state index contributed by atoms with van der Waals surface area (Å²) in [5.41, 5.74) is 1.67. The van der Waals surface area contributed by atoms with Crippen LogP contribution in [0.25, 0.3) is 10.8 Å². The van der Waals surface area contributed by atoms with Crippen molar-refractivity contribution in [2.75, 3.05) is 18.5 Å². The molecule has 2 N–H and O–H groups in total. The molecule has 0 fully saturated rings. The molecule has 0 atom stereocenters. The van der Waals surface area contributed by atoms with Crippen molar-refractivity contribution in [3.05, 3.63) is 72.6 Å². The summed E-state index contributed by atoms with van der Waals surface area (Å²) in [5.74, 6) is 0. The summed E-state index contributed by atoms with van der Waals surface area (Å²) in [5, 5.41) is 14.3. The summed E-state index contributed by atoms with van der Waals surface area (Å²) >= 11 is 0. The number of carbonyl (C=O) groups is 1. The fraction of sp³-hybridized carbons (Fsp3) is 0.158. The first kappa shape index (κ1) is 16.0. The second-order valence-corrected chi connectivity index (χ2v) is 5.46. The van der Waals surface area contributed by atoms with Crippen LogP contribution in [0.4, 0.5) is 10.5 Å². The third-order valence-electron chi connectivity index (χ3n) is 3.78. The van der Waals surface area contributed by atoms with Gasteiger partial charge in [-0.25, -0.2) is 4.79 Å². The number of nitrogens with one attached hydrogen (secondary N) is 1. The fourth-order valence-electron chi connectivity index (χ4n) is 2.61. The van der Waals surface area contributed by atoms with Gasteiger partial charge in [0.05, 0.1) is 12.3 Å². The van der Waals surface area contributed by atoms with Crippen LogP contribution in [0.5, 0.6) is 0 Å². The van der Waals surface area contributed by atoms with Crippen LogP contribution in [-0.4, -0.2) is 34.2 Å². The van der Waals surface area contributed by atoms with Crippen LogP contribution in [-0.2, 0) is 6.54 Å². The van der Waals surface area contributed by atoms with Gasteiger partial charge in [-0.15, -0.1) is 0 Å². The number of aliphatic hydroxyl groups excluding tert-OH is 1. The minimum absolute atomic E-state index is 0.0940. The van der Waals surface area contributed by atoms with Crippen LogP contribution < -0.4 is 5.32 Å². The van der Waals surface area contributed by atoms with E-state index in [1.54, 1.807) is 17.3 Å². The van der Waals surface area contributed by atoms with Gasteiger partial charge in [0.1, 0.15) is 0 Å². The van der Waals surface area contributed by atoms with Crippen molar-refractivity contribution < 1.29 is 9.90 Å². The maximum atomic E-state index is 12.6. The SMILES string of the molecule is O=C(Nc1cccc2ccccc12)N(CCO)Cc1cccnc1. The number of aromatic nitrogens is 1. The molecule has 3 rings (SSSR count). The van der Waals surface area contributed by atoms with Gasteiger partial charge in [-0.05, 0) is 23.1 Å². The molecule has 0 saturated carbocycles. The largest absolute Gasteiger partial charge is 0.395 e. The molecule has 0 bridgehead atoms. The lowest BCUT2D eigenvalue weighted by molar-refractivity contribution is 0.185. The molecular weight excluding hydrogens is 302 g/mol. The average Bonchev–Trinajstić information content (AvgIpc) is 2.62. The molecule has 0 aliphatic carbocycles. The van der Waals surface area contributed by atoms with Gasteiger partial charge in [0, 0.05) is 30.9 Å². The zero-order valence-corrected chi connectivity index (χ0v) is 13.2. The van der Waals surface area contributed by atoms with E-state index in [1.165, 1.54) is 0 Å². The fourth-order valence-corrected chi connectivity index (χ4v) is 2.61. The predicted octanol–water partition coefficient (Wildman–Crippen LogP) is 3.26. The average molecular weight is 321 g/mol. The first-order valence-corrected chi connectivity index (χ1v) is 7.81. The topological polar surface area (TPSA) is 65.5 Å². The van der Waals surface area contributed by atoms with Crippen LogP contribution in [0.2, 0.25) is 0 Å². The summed E-state index contributed by atoms with van der Waals surface area (Å²) in [6.45, 7) is 0.555. The van der Waals surface area contributed by atoms with Crippen LogP contribution >= 0.6 is 0 Å². The molecule has 1 aromatic heterocycles. The Labute approximate surface area is 140 Å². The van der Waals surface area contributed by atoms with Gasteiger partial charge in [-0.3, -0.25) is 4.98 Å². The van der Waals surface area contributed by atoms with E-state index in [0.717, 1.165) is 22.0 Å². The van der Waals surface area contributed by atoms with Gasteiger partial charge in [-0.2, -0.15) is 0 Å². The molecule has 0 aliphatic rings. The van der Waals surface area contributed by atoms with Crippen LogP contribution in [0, 0.1) is 0 Å². The van der Waals surface area contributed by atoms with E-state index in [1.807, 2.05) is 54.6 Å². The van der Waals surface area contributed by atoms with Crippen molar-refractivity contribution in [1.82, 2.24) is 9.88 Å². The highest BCUT2D eigenvalue weighted by molar-refractivity contribution is 6.01. The second-order valence-electron chi connectivity index (χ2n) is 5.46. The number of aliphatic hydroxyl groups is 1. The van der Waals surface area contributed by atoms with E-state index in [2.05, 4.69) is 10.3 Å². The standard InChI is InChI=1S/C19H19N3O2/c23-12-11-22(14-15-5-4-10-20-13-15)19(24)21-18-9-3-7-16-6-1-2-8-17(16)18/h1-10,13,23H,11-12,14H2,(H,21,24). The number of carbonyl (C=O) groups excluding carboxylic acids is 1. The summed E-state index contributed by atoms with van der Waals surface area (Å²) in [7, 11) is 0. The van der Waals surface area contributed by atoms with Gasteiger partial charge in [-0.1, -0.05) is 42.5 Å². The molecule has 0 spiro atoms. The lowest BCUT2D eigenvalue weighted by atomic mass is 10.1. The zero-order chi connectivity index (χ0) is 16.8. The van der Waals surface area contributed by atoms with E-state index in [-0.39, 0.29) is 19.2 Å². The number of hydrogen-bond donors (Lipinski definition) is 2. The monoisotopic (exact) mass is 321 g/mol. The number of fused-ring (bicyclic) bond motifs is 1. The normalized spacial score (nSPS) is 10.5. The Morgan fingerprint density at radius 1 is 1.08 bits per heavy atom. The molecule has 5 heteroatoms. The molecule has 3 aromatic rings. The molecule has 2 aromatic carbocycles. The summed E-state index contributed by atoms with van der Waals surface area (Å²) in [4.78, 5) is 18.3. The molecule has 24 heavy (non-hydrogen) atoms. The van der Waals surface area contributed by atoms with Gasteiger partial charge in [0.15, 0.2) is 0 Å². The Bertz CT molecular complexity index is 816. The van der Waals surface area contributed by atoms with Gasteiger partial charge < -0.3 is 15.3 Å². The Morgan fingerprint density at radius 2 is 1.92 bits per heavy atom. The third-order valence-corrected chi connectivity index (χ3v) is 3.78. The molecule has 0 unspecified atom stereocenters. The Morgan fingerprint density at radius 3 is 2.71 bits per heavy atom. The minimum Gasteiger partial charge on any atom is -0.395 e. The number of benzene rings is 2. The molecule has 0 radical (unpaired) electrons. The number of rotatable bonds is 5. The Hall–Kier alpha value is -2.92. The maximum Gasteiger partial charge on any atom is 0.322 e. The lowest BCUT2D eigenvalue weighted by Gasteiger charge is -2.22. The van der Waals surface area contributed by atoms with Gasteiger partial charge in [0.2, 0.25) is 0 Å². The van der Waals surface area contributed by atoms with E-state index in [4.69, 9.17) is 0 Å². The minimum atomic E-state index is -0.246. The van der Waals surface area contributed by atoms with Crippen LogP contribution in [0.3, 0.4) is 0 Å². The van der Waals surface area contributed by atoms with Crippen molar-refractivity contribution in [3.63, 3.8) is 0 Å². The summed E-state index contributed by atoms with van der Waals surface area (Å²) in [6, 6.07) is 17.2. The van der Waals surface area contributed by atoms with Crippen molar-refractivity contribution in [1.29, 1.82) is 0 Å². The van der Waals surface area contributed by atoms with E-state index < -0.39 is 0 Å². The predicted molar refractivity (Wildman–Crippen MR) is 94.7 cm³/mol. The van der Waals surface area contributed by atoms with Gasteiger partial charge in [0.25, 0.3) is 0 Å². The highest BCUT2D eigenvalue weighted by Crippen LogP contribution is 2.23. The quantitative estimate of drug-likeness (QED) is 0.758. The molecule has 0 aliphatic heterocycles. The Kier molecular flexibility index (Phi) is 5.03. The van der Waals surface area contributed by atoms with Crippen molar-refractivity contribution in [3.8, 4) is 0 Å². The second kappa shape index (κ2) is 7.57. The summed E-state index contributed by atoms with van der Waals surface area (Å²) < 4.78 is 0. The van der Waals surface area contributed by atoms with Crippen LogP contribution in [0.15, 0.2) is 67.0 Å². The summed E-state index contributed by atoms with van der Waals surface area (Å²) in [6.07, 6.45) is 3.41. The lowest BCUT2D eigenvalue weighted by Crippen LogP contribution is -2.36. The molecule has 122 valence electrons. The van der Waals surface area contributed by atoms with E-state index in [9.17, 15) is 9.90 Å². The van der Waals surface area contributed by atoms with E-state index >= 15 is 0 Å². The highest BCUT2D eigenvalue weighted by Gasteiger charge is 2.14. The number of amides is 2.